The first kappa shape index (κ1) is 14.9. The Balaban J connectivity index is 2.06. The number of hydrogen-bond acceptors (Lipinski definition) is 4. The van der Waals surface area contributed by atoms with E-state index < -0.39 is 0 Å². The van der Waals surface area contributed by atoms with Gasteiger partial charge in [-0.1, -0.05) is 19.8 Å². The van der Waals surface area contributed by atoms with E-state index in [0.717, 1.165) is 24.6 Å². The van der Waals surface area contributed by atoms with Gasteiger partial charge in [0.25, 0.3) is 5.56 Å². The third-order valence-corrected chi connectivity index (χ3v) is 4.63. The zero-order chi connectivity index (χ0) is 15.7. The quantitative estimate of drug-likeness (QED) is 0.945. The van der Waals surface area contributed by atoms with Crippen molar-refractivity contribution in [3.63, 3.8) is 0 Å². The fraction of sp³-hybridized carbons (Fsp3) is 0.529. The number of nitrogens with zero attached hydrogens (tertiary/aromatic N) is 1. The van der Waals surface area contributed by atoms with E-state index in [9.17, 15) is 4.79 Å². The van der Waals surface area contributed by atoms with Crippen LogP contribution in [0.2, 0.25) is 0 Å². The summed E-state index contributed by atoms with van der Waals surface area (Å²) >= 11 is 0. The van der Waals surface area contributed by atoms with Crippen molar-refractivity contribution in [3.05, 3.63) is 28.3 Å². The van der Waals surface area contributed by atoms with Crippen molar-refractivity contribution < 1.29 is 9.47 Å². The molecule has 0 amide bonds. The highest BCUT2D eigenvalue weighted by molar-refractivity contribution is 5.81. The molecule has 1 fully saturated rings. The van der Waals surface area contributed by atoms with Gasteiger partial charge in [-0.3, -0.25) is 4.79 Å². The molecule has 0 unspecified atom stereocenters. The minimum absolute atomic E-state index is 0.112. The number of aromatic amines is 1. The van der Waals surface area contributed by atoms with Gasteiger partial charge in [0.15, 0.2) is 11.5 Å². The average molecular weight is 302 g/mol. The van der Waals surface area contributed by atoms with Crippen molar-refractivity contribution in [1.82, 2.24) is 9.97 Å². The standard InChI is InChI=1S/C17H22N2O3/c1-10-4-6-11(7-5-10)16-18-13-9-15(22-3)14(21-2)8-12(13)17(20)19-16/h8-11H,4-7H2,1-3H3,(H,18,19,20). The van der Waals surface area contributed by atoms with Crippen LogP contribution in [0.25, 0.3) is 10.9 Å². The number of aromatic nitrogens is 2. The van der Waals surface area contributed by atoms with Crippen molar-refractivity contribution in [2.75, 3.05) is 14.2 Å². The molecule has 1 aromatic heterocycles. The number of hydrogen-bond donors (Lipinski definition) is 1. The van der Waals surface area contributed by atoms with Crippen LogP contribution >= 0.6 is 0 Å². The second kappa shape index (κ2) is 5.99. The molecule has 22 heavy (non-hydrogen) atoms. The first-order chi connectivity index (χ1) is 10.6. The van der Waals surface area contributed by atoms with Gasteiger partial charge >= 0.3 is 0 Å². The van der Waals surface area contributed by atoms with Crippen LogP contribution in [-0.2, 0) is 0 Å². The molecule has 2 aromatic rings. The van der Waals surface area contributed by atoms with Gasteiger partial charge in [-0.15, -0.1) is 0 Å². The van der Waals surface area contributed by atoms with E-state index in [-0.39, 0.29) is 5.56 Å². The summed E-state index contributed by atoms with van der Waals surface area (Å²) in [4.78, 5) is 20.0. The predicted molar refractivity (Wildman–Crippen MR) is 85.8 cm³/mol. The van der Waals surface area contributed by atoms with E-state index in [1.807, 2.05) is 0 Å². The largest absolute Gasteiger partial charge is 0.493 e. The predicted octanol–water partition coefficient (Wildman–Crippen LogP) is 3.23. The second-order valence-corrected chi connectivity index (χ2v) is 6.13. The zero-order valence-electron chi connectivity index (χ0n) is 13.3. The first-order valence-electron chi connectivity index (χ1n) is 7.78. The van der Waals surface area contributed by atoms with Crippen LogP contribution in [0, 0.1) is 5.92 Å². The molecule has 5 nitrogen and oxygen atoms in total. The summed E-state index contributed by atoms with van der Waals surface area (Å²) in [6, 6.07) is 3.46. The average Bonchev–Trinajstić information content (AvgIpc) is 2.54. The molecule has 1 aromatic carbocycles. The maximum Gasteiger partial charge on any atom is 0.258 e. The van der Waals surface area contributed by atoms with Crippen molar-refractivity contribution in [2.24, 2.45) is 5.92 Å². The maximum absolute atomic E-state index is 12.4. The lowest BCUT2D eigenvalue weighted by atomic mass is 9.82. The summed E-state index contributed by atoms with van der Waals surface area (Å²) in [6.07, 6.45) is 4.56. The van der Waals surface area contributed by atoms with Crippen LogP contribution < -0.4 is 15.0 Å². The van der Waals surface area contributed by atoms with Crippen molar-refractivity contribution in [2.45, 2.75) is 38.5 Å². The molecule has 1 aliphatic rings. The Kier molecular flexibility index (Phi) is 4.05. The monoisotopic (exact) mass is 302 g/mol. The summed E-state index contributed by atoms with van der Waals surface area (Å²) in [5, 5.41) is 0.533. The Morgan fingerprint density at radius 1 is 1.09 bits per heavy atom. The SMILES string of the molecule is COc1cc2nc(C3CCC(C)CC3)[nH]c(=O)c2cc1OC. The topological polar surface area (TPSA) is 64.2 Å². The van der Waals surface area contributed by atoms with Crippen molar-refractivity contribution in [1.29, 1.82) is 0 Å². The van der Waals surface area contributed by atoms with E-state index in [2.05, 4.69) is 16.9 Å². The van der Waals surface area contributed by atoms with Gasteiger partial charge < -0.3 is 14.5 Å². The molecule has 0 atom stereocenters. The lowest BCUT2D eigenvalue weighted by Gasteiger charge is -2.25. The summed E-state index contributed by atoms with van der Waals surface area (Å²) in [5.41, 5.74) is 0.551. The number of rotatable bonds is 3. The van der Waals surface area contributed by atoms with E-state index in [1.165, 1.54) is 12.8 Å². The summed E-state index contributed by atoms with van der Waals surface area (Å²) in [5.74, 6) is 3.06. The third-order valence-electron chi connectivity index (χ3n) is 4.63. The third kappa shape index (κ3) is 2.67. The molecule has 1 heterocycles. The molecule has 0 spiro atoms. The Bertz CT molecular complexity index is 730. The van der Waals surface area contributed by atoms with Crippen LogP contribution in [0.1, 0.15) is 44.3 Å². The van der Waals surface area contributed by atoms with Crippen LogP contribution in [0.3, 0.4) is 0 Å². The fourth-order valence-corrected chi connectivity index (χ4v) is 3.21. The number of ether oxygens (including phenoxy) is 2. The number of nitrogens with one attached hydrogen (secondary N) is 1. The molecule has 0 radical (unpaired) electrons. The van der Waals surface area contributed by atoms with Crippen LogP contribution in [0.15, 0.2) is 16.9 Å². The summed E-state index contributed by atoms with van der Waals surface area (Å²) < 4.78 is 10.6. The number of methoxy groups -OCH3 is 2. The normalized spacial score (nSPS) is 21.8. The molecule has 0 aliphatic heterocycles. The molecule has 118 valence electrons. The second-order valence-electron chi connectivity index (χ2n) is 6.13. The van der Waals surface area contributed by atoms with Gasteiger partial charge in [0.1, 0.15) is 5.82 Å². The lowest BCUT2D eigenvalue weighted by molar-refractivity contribution is 0.339. The van der Waals surface area contributed by atoms with E-state index in [1.54, 1.807) is 26.4 Å². The van der Waals surface area contributed by atoms with Gasteiger partial charge in [-0.25, -0.2) is 4.98 Å². The molecule has 1 N–H and O–H groups in total. The van der Waals surface area contributed by atoms with Gasteiger partial charge in [-0.05, 0) is 24.8 Å². The first-order valence-corrected chi connectivity index (χ1v) is 7.78. The smallest absolute Gasteiger partial charge is 0.258 e. The van der Waals surface area contributed by atoms with Gasteiger partial charge in [0.05, 0.1) is 25.1 Å². The van der Waals surface area contributed by atoms with Crippen molar-refractivity contribution >= 4 is 10.9 Å². The van der Waals surface area contributed by atoms with Gasteiger partial charge in [0, 0.05) is 12.0 Å². The molecule has 1 saturated carbocycles. The Morgan fingerprint density at radius 3 is 2.36 bits per heavy atom. The van der Waals surface area contributed by atoms with E-state index >= 15 is 0 Å². The highest BCUT2D eigenvalue weighted by Gasteiger charge is 2.22. The number of fused-ring (bicyclic) bond motifs is 1. The minimum Gasteiger partial charge on any atom is -0.493 e. The van der Waals surface area contributed by atoms with Crippen molar-refractivity contribution in [3.8, 4) is 11.5 Å². The molecular weight excluding hydrogens is 280 g/mol. The van der Waals surface area contributed by atoms with Gasteiger partial charge in [0.2, 0.25) is 0 Å². The molecular formula is C17H22N2O3. The molecule has 1 aliphatic carbocycles. The van der Waals surface area contributed by atoms with Crippen LogP contribution in [0.4, 0.5) is 0 Å². The number of benzene rings is 1. The summed E-state index contributed by atoms with van der Waals surface area (Å²) in [6.45, 7) is 2.28. The summed E-state index contributed by atoms with van der Waals surface area (Å²) in [7, 11) is 3.14. The zero-order valence-corrected chi connectivity index (χ0v) is 13.3. The Labute approximate surface area is 129 Å². The Hall–Kier alpha value is -2.04. The lowest BCUT2D eigenvalue weighted by Crippen LogP contribution is -2.18. The minimum atomic E-state index is -0.112. The van der Waals surface area contributed by atoms with Crippen LogP contribution in [-0.4, -0.2) is 24.2 Å². The maximum atomic E-state index is 12.4. The van der Waals surface area contributed by atoms with E-state index in [0.29, 0.717) is 28.3 Å². The number of H-pyrrole nitrogens is 1. The molecule has 5 heteroatoms. The molecule has 3 rings (SSSR count). The van der Waals surface area contributed by atoms with E-state index in [4.69, 9.17) is 9.47 Å². The fourth-order valence-electron chi connectivity index (χ4n) is 3.21. The highest BCUT2D eigenvalue weighted by atomic mass is 16.5. The highest BCUT2D eigenvalue weighted by Crippen LogP contribution is 2.35. The molecule has 0 saturated heterocycles. The van der Waals surface area contributed by atoms with Gasteiger partial charge in [-0.2, -0.15) is 0 Å². The Morgan fingerprint density at radius 2 is 1.73 bits per heavy atom. The van der Waals surface area contributed by atoms with Crippen LogP contribution in [0.5, 0.6) is 11.5 Å². The molecule has 0 bridgehead atoms.